The van der Waals surface area contributed by atoms with Gasteiger partial charge < -0.3 is 5.32 Å². The van der Waals surface area contributed by atoms with E-state index < -0.39 is 0 Å². The van der Waals surface area contributed by atoms with Gasteiger partial charge in [-0.1, -0.05) is 11.6 Å². The smallest absolute Gasteiger partial charge is 0.249 e. The van der Waals surface area contributed by atoms with Gasteiger partial charge in [-0.3, -0.25) is 4.79 Å². The van der Waals surface area contributed by atoms with Crippen LogP contribution in [0.15, 0.2) is 29.6 Å². The summed E-state index contributed by atoms with van der Waals surface area (Å²) in [6.07, 6.45) is 0. The number of nitrogens with one attached hydrogen (secondary N) is 1. The average Bonchev–Trinajstić information content (AvgIpc) is 3.09. The summed E-state index contributed by atoms with van der Waals surface area (Å²) < 4.78 is 0. The lowest BCUT2D eigenvalue weighted by Gasteiger charge is -1.99. The third-order valence-corrected chi connectivity index (χ3v) is 3.83. The van der Waals surface area contributed by atoms with E-state index in [1.165, 1.54) is 16.1 Å². The van der Waals surface area contributed by atoms with Crippen molar-refractivity contribution in [3.63, 3.8) is 0 Å². The minimum Gasteiger partial charge on any atom is -0.300 e. The summed E-state index contributed by atoms with van der Waals surface area (Å²) in [7, 11) is 0. The molecule has 0 saturated carbocycles. The average molecular weight is 335 g/mol. The second-order valence-corrected chi connectivity index (χ2v) is 5.79. The fourth-order valence-electron chi connectivity index (χ4n) is 1.72. The SMILES string of the molecule is Cc1csc(NC(=O)Cn2nnc(-c3ccc(Cl)cc3)n2)n1. The van der Waals surface area contributed by atoms with Gasteiger partial charge in [0.1, 0.15) is 6.54 Å². The van der Waals surface area contributed by atoms with Crippen molar-refractivity contribution in [3.8, 4) is 11.4 Å². The number of nitrogens with zero attached hydrogens (tertiary/aromatic N) is 5. The van der Waals surface area contributed by atoms with Crippen LogP contribution in [-0.2, 0) is 11.3 Å². The Kier molecular flexibility index (Phi) is 4.12. The number of carbonyl (C=O) groups is 1. The number of carbonyl (C=O) groups excluding carboxylic acids is 1. The van der Waals surface area contributed by atoms with Crippen LogP contribution in [0.1, 0.15) is 5.69 Å². The molecule has 3 rings (SSSR count). The second-order valence-electron chi connectivity index (χ2n) is 4.49. The van der Waals surface area contributed by atoms with Crippen LogP contribution in [0.5, 0.6) is 0 Å². The van der Waals surface area contributed by atoms with Crippen molar-refractivity contribution < 1.29 is 4.79 Å². The van der Waals surface area contributed by atoms with E-state index in [4.69, 9.17) is 11.6 Å². The lowest BCUT2D eigenvalue weighted by molar-refractivity contribution is -0.117. The minimum atomic E-state index is -0.255. The van der Waals surface area contributed by atoms with Crippen molar-refractivity contribution in [2.45, 2.75) is 13.5 Å². The molecule has 7 nitrogen and oxygen atoms in total. The van der Waals surface area contributed by atoms with Crippen LogP contribution < -0.4 is 5.32 Å². The van der Waals surface area contributed by atoms with E-state index in [1.807, 2.05) is 12.3 Å². The van der Waals surface area contributed by atoms with Gasteiger partial charge in [0.25, 0.3) is 0 Å². The number of benzene rings is 1. The lowest BCUT2D eigenvalue weighted by Crippen LogP contribution is -2.20. The molecule has 2 aromatic heterocycles. The van der Waals surface area contributed by atoms with Crippen LogP contribution in [-0.4, -0.2) is 31.1 Å². The molecular formula is C13H11ClN6OS. The van der Waals surface area contributed by atoms with Crippen LogP contribution in [0.4, 0.5) is 5.13 Å². The maximum atomic E-state index is 11.9. The zero-order chi connectivity index (χ0) is 15.5. The molecular weight excluding hydrogens is 324 g/mol. The predicted molar refractivity (Wildman–Crippen MR) is 83.7 cm³/mol. The van der Waals surface area contributed by atoms with Gasteiger partial charge >= 0.3 is 0 Å². The van der Waals surface area contributed by atoms with Crippen molar-refractivity contribution in [2.75, 3.05) is 5.32 Å². The molecule has 0 radical (unpaired) electrons. The number of aryl methyl sites for hydroxylation is 1. The zero-order valence-electron chi connectivity index (χ0n) is 11.5. The van der Waals surface area contributed by atoms with E-state index in [-0.39, 0.29) is 12.5 Å². The standard InChI is InChI=1S/C13H11ClN6OS/c1-8-7-22-13(15-8)16-11(21)6-20-18-12(17-19-20)9-2-4-10(14)5-3-9/h2-5,7H,6H2,1H3,(H,15,16,21). The zero-order valence-corrected chi connectivity index (χ0v) is 13.1. The number of tetrazole rings is 1. The van der Waals surface area contributed by atoms with Crippen molar-refractivity contribution in [3.05, 3.63) is 40.4 Å². The maximum absolute atomic E-state index is 11.9. The van der Waals surface area contributed by atoms with Crippen LogP contribution in [0, 0.1) is 6.92 Å². The van der Waals surface area contributed by atoms with Gasteiger partial charge in [0, 0.05) is 16.0 Å². The number of rotatable bonds is 4. The highest BCUT2D eigenvalue weighted by molar-refractivity contribution is 7.13. The lowest BCUT2D eigenvalue weighted by atomic mass is 10.2. The molecule has 0 bridgehead atoms. The van der Waals surface area contributed by atoms with Crippen LogP contribution in [0.3, 0.4) is 0 Å². The number of hydrogen-bond acceptors (Lipinski definition) is 6. The third-order valence-electron chi connectivity index (χ3n) is 2.71. The monoisotopic (exact) mass is 334 g/mol. The highest BCUT2D eigenvalue weighted by Crippen LogP contribution is 2.17. The van der Waals surface area contributed by atoms with Crippen LogP contribution in [0.2, 0.25) is 5.02 Å². The van der Waals surface area contributed by atoms with Gasteiger partial charge in [-0.2, -0.15) is 4.80 Å². The highest BCUT2D eigenvalue weighted by Gasteiger charge is 2.10. The van der Waals surface area contributed by atoms with Crippen molar-refractivity contribution in [1.29, 1.82) is 0 Å². The first-order valence-electron chi connectivity index (χ1n) is 6.36. The normalized spacial score (nSPS) is 10.6. The molecule has 22 heavy (non-hydrogen) atoms. The molecule has 112 valence electrons. The molecule has 0 atom stereocenters. The molecule has 0 aliphatic rings. The Labute approximate surface area is 134 Å². The maximum Gasteiger partial charge on any atom is 0.249 e. The number of hydrogen-bond donors (Lipinski definition) is 1. The van der Waals surface area contributed by atoms with Gasteiger partial charge in [0.2, 0.25) is 11.7 Å². The number of halogens is 1. The number of amides is 1. The van der Waals surface area contributed by atoms with E-state index in [0.717, 1.165) is 11.3 Å². The molecule has 1 aromatic carbocycles. The van der Waals surface area contributed by atoms with E-state index in [0.29, 0.717) is 16.0 Å². The van der Waals surface area contributed by atoms with E-state index >= 15 is 0 Å². The first-order chi connectivity index (χ1) is 10.6. The largest absolute Gasteiger partial charge is 0.300 e. The summed E-state index contributed by atoms with van der Waals surface area (Å²) in [5.41, 5.74) is 1.65. The van der Waals surface area contributed by atoms with Crippen LogP contribution in [0.25, 0.3) is 11.4 Å². The molecule has 0 spiro atoms. The van der Waals surface area contributed by atoms with Crippen molar-refractivity contribution in [2.24, 2.45) is 0 Å². The topological polar surface area (TPSA) is 85.6 Å². The molecule has 0 aliphatic carbocycles. The van der Waals surface area contributed by atoms with Gasteiger partial charge in [0.15, 0.2) is 5.13 Å². The summed E-state index contributed by atoms with van der Waals surface area (Å²) in [5, 5.41) is 17.7. The molecule has 3 aromatic rings. The Balaban J connectivity index is 1.66. The Morgan fingerprint density at radius 2 is 2.14 bits per heavy atom. The summed E-state index contributed by atoms with van der Waals surface area (Å²) in [6, 6.07) is 7.08. The number of thiazole rings is 1. The van der Waals surface area contributed by atoms with E-state index in [9.17, 15) is 4.79 Å². The second kappa shape index (κ2) is 6.20. The van der Waals surface area contributed by atoms with Gasteiger partial charge in [-0.05, 0) is 36.4 Å². The van der Waals surface area contributed by atoms with E-state index in [1.54, 1.807) is 24.3 Å². The Morgan fingerprint density at radius 3 is 2.82 bits per heavy atom. The quantitative estimate of drug-likeness (QED) is 0.791. The van der Waals surface area contributed by atoms with Crippen molar-refractivity contribution in [1.82, 2.24) is 25.2 Å². The molecule has 0 aliphatic heterocycles. The Hall–Kier alpha value is -2.32. The molecule has 1 amide bonds. The number of anilines is 1. The molecule has 0 fully saturated rings. The molecule has 0 unspecified atom stereocenters. The predicted octanol–water partition coefficient (Wildman–Crippen LogP) is 2.40. The summed E-state index contributed by atoms with van der Waals surface area (Å²) in [5.74, 6) is 0.184. The Morgan fingerprint density at radius 1 is 1.36 bits per heavy atom. The van der Waals surface area contributed by atoms with E-state index in [2.05, 4.69) is 25.7 Å². The third kappa shape index (κ3) is 3.46. The molecule has 1 N–H and O–H groups in total. The Bertz CT molecular complexity index is 797. The fraction of sp³-hybridized carbons (Fsp3) is 0.154. The van der Waals surface area contributed by atoms with Gasteiger partial charge in [-0.25, -0.2) is 4.98 Å². The molecule has 2 heterocycles. The van der Waals surface area contributed by atoms with Crippen molar-refractivity contribution >= 4 is 34.0 Å². The first-order valence-corrected chi connectivity index (χ1v) is 7.61. The minimum absolute atomic E-state index is 0.0286. The molecule has 9 heteroatoms. The van der Waals surface area contributed by atoms with Gasteiger partial charge in [-0.15, -0.1) is 21.5 Å². The number of aromatic nitrogens is 5. The summed E-state index contributed by atoms with van der Waals surface area (Å²) in [6.45, 7) is 1.84. The fourth-order valence-corrected chi connectivity index (χ4v) is 2.55. The van der Waals surface area contributed by atoms with Crippen LogP contribution >= 0.6 is 22.9 Å². The molecule has 0 saturated heterocycles. The van der Waals surface area contributed by atoms with Gasteiger partial charge in [0.05, 0.1) is 5.69 Å². The summed E-state index contributed by atoms with van der Waals surface area (Å²) >= 11 is 7.20. The first kappa shape index (κ1) is 14.6. The highest BCUT2D eigenvalue weighted by atomic mass is 35.5. The summed E-state index contributed by atoms with van der Waals surface area (Å²) in [4.78, 5) is 17.3.